The molecule has 0 atom stereocenters. The number of fused-ring (bicyclic) bond motifs is 1. The SMILES string of the molecule is COc1ccc(C2([NH+]3CCC4(CC3)OCCO4)C(=O)c3ccccc3C2=O)cc1. The third kappa shape index (κ3) is 2.60. The highest BCUT2D eigenvalue weighted by molar-refractivity contribution is 6.31. The quantitative estimate of drug-likeness (QED) is 0.797. The van der Waals surface area contributed by atoms with Gasteiger partial charge >= 0.3 is 0 Å². The van der Waals surface area contributed by atoms with Crippen molar-refractivity contribution in [2.45, 2.75) is 24.2 Å². The number of ketones is 2. The summed E-state index contributed by atoms with van der Waals surface area (Å²) >= 11 is 0. The molecule has 1 N–H and O–H groups in total. The van der Waals surface area contributed by atoms with Gasteiger partial charge in [-0.2, -0.15) is 0 Å². The van der Waals surface area contributed by atoms with E-state index < -0.39 is 11.3 Å². The number of nitrogens with one attached hydrogen (secondary N) is 1. The molecule has 6 nitrogen and oxygen atoms in total. The third-order valence-corrected chi connectivity index (χ3v) is 6.58. The highest BCUT2D eigenvalue weighted by Gasteiger charge is 2.63. The van der Waals surface area contributed by atoms with Crippen molar-refractivity contribution < 1.29 is 28.7 Å². The highest BCUT2D eigenvalue weighted by Crippen LogP contribution is 2.38. The molecular formula is C23H24NO5+. The number of quaternary nitrogens is 1. The van der Waals surface area contributed by atoms with Gasteiger partial charge in [0.2, 0.25) is 11.6 Å². The van der Waals surface area contributed by atoms with Gasteiger partial charge in [0.05, 0.1) is 46.3 Å². The molecule has 0 unspecified atom stereocenters. The number of hydrogen-bond donors (Lipinski definition) is 1. The van der Waals surface area contributed by atoms with E-state index in [-0.39, 0.29) is 11.6 Å². The molecule has 1 aliphatic carbocycles. The number of rotatable bonds is 3. The van der Waals surface area contributed by atoms with Crippen LogP contribution < -0.4 is 9.64 Å². The zero-order valence-corrected chi connectivity index (χ0v) is 16.4. The molecule has 3 aliphatic rings. The summed E-state index contributed by atoms with van der Waals surface area (Å²) in [5.41, 5.74) is 0.462. The maximum Gasteiger partial charge on any atom is 0.250 e. The standard InChI is InChI=1S/C23H23NO5/c1-27-17-8-6-16(7-9-17)23(20(25)18-4-2-3-5-19(18)21(23)26)24-12-10-22(11-13-24)28-14-15-29-22/h2-9H,10-15H2,1H3/p+1. The van der Waals surface area contributed by atoms with Crippen molar-refractivity contribution in [2.24, 2.45) is 0 Å². The largest absolute Gasteiger partial charge is 0.497 e. The van der Waals surface area contributed by atoms with Crippen molar-refractivity contribution in [3.8, 4) is 5.75 Å². The smallest absolute Gasteiger partial charge is 0.250 e. The van der Waals surface area contributed by atoms with E-state index in [0.29, 0.717) is 61.6 Å². The molecule has 1 spiro atoms. The Morgan fingerprint density at radius 3 is 1.93 bits per heavy atom. The van der Waals surface area contributed by atoms with Gasteiger partial charge in [-0.3, -0.25) is 9.59 Å². The van der Waals surface area contributed by atoms with E-state index in [4.69, 9.17) is 14.2 Å². The Morgan fingerprint density at radius 2 is 1.41 bits per heavy atom. The molecule has 2 aromatic carbocycles. The van der Waals surface area contributed by atoms with Gasteiger partial charge in [0, 0.05) is 16.7 Å². The first kappa shape index (κ1) is 18.5. The van der Waals surface area contributed by atoms with Crippen molar-refractivity contribution in [3.05, 3.63) is 65.2 Å². The fraction of sp³-hybridized carbons (Fsp3) is 0.391. The normalized spacial score (nSPS) is 22.8. The van der Waals surface area contributed by atoms with Crippen LogP contribution >= 0.6 is 0 Å². The highest BCUT2D eigenvalue weighted by atomic mass is 16.7. The monoisotopic (exact) mass is 394 g/mol. The molecule has 6 heteroatoms. The van der Waals surface area contributed by atoms with Crippen molar-refractivity contribution in [2.75, 3.05) is 33.4 Å². The molecule has 2 aliphatic heterocycles. The van der Waals surface area contributed by atoms with Crippen molar-refractivity contribution in [1.82, 2.24) is 0 Å². The van der Waals surface area contributed by atoms with Crippen LogP contribution in [0.2, 0.25) is 0 Å². The molecule has 0 bridgehead atoms. The molecule has 5 rings (SSSR count). The number of ether oxygens (including phenoxy) is 3. The molecule has 0 radical (unpaired) electrons. The number of methoxy groups -OCH3 is 1. The van der Waals surface area contributed by atoms with E-state index in [1.807, 2.05) is 36.4 Å². The van der Waals surface area contributed by atoms with E-state index in [1.165, 1.54) is 0 Å². The number of Topliss-reactive ketones (excluding diaryl/α,β-unsaturated/α-hetero) is 2. The summed E-state index contributed by atoms with van der Waals surface area (Å²) in [5.74, 6) is -0.105. The number of piperidine rings is 1. The van der Waals surface area contributed by atoms with Gasteiger partial charge in [-0.25, -0.2) is 0 Å². The molecular weight excluding hydrogens is 370 g/mol. The lowest BCUT2D eigenvalue weighted by molar-refractivity contribution is -0.945. The predicted octanol–water partition coefficient (Wildman–Crippen LogP) is 1.39. The minimum absolute atomic E-state index is 0.123. The summed E-state index contributed by atoms with van der Waals surface area (Å²) < 4.78 is 17.0. The van der Waals surface area contributed by atoms with Crippen molar-refractivity contribution in [3.63, 3.8) is 0 Å². The number of carbonyl (C=O) groups is 2. The Hall–Kier alpha value is -2.54. The zero-order valence-electron chi connectivity index (χ0n) is 16.4. The van der Waals surface area contributed by atoms with Crippen LogP contribution in [-0.2, 0) is 15.0 Å². The number of likely N-dealkylation sites (tertiary alicyclic amines) is 1. The average molecular weight is 394 g/mol. The summed E-state index contributed by atoms with van der Waals surface area (Å²) in [6.45, 7) is 2.44. The summed E-state index contributed by atoms with van der Waals surface area (Å²) in [4.78, 5) is 28.5. The van der Waals surface area contributed by atoms with Crippen LogP contribution in [0.15, 0.2) is 48.5 Å². The van der Waals surface area contributed by atoms with E-state index in [2.05, 4.69) is 0 Å². The molecule has 29 heavy (non-hydrogen) atoms. The Bertz CT molecular complexity index is 916. The minimum Gasteiger partial charge on any atom is -0.497 e. The molecule has 2 saturated heterocycles. The summed E-state index contributed by atoms with van der Waals surface area (Å²) in [5, 5.41) is 0. The topological polar surface area (TPSA) is 66.3 Å². The summed E-state index contributed by atoms with van der Waals surface area (Å²) in [6, 6.07) is 14.5. The number of hydrogen-bond acceptors (Lipinski definition) is 5. The van der Waals surface area contributed by atoms with Gasteiger partial charge in [-0.1, -0.05) is 24.3 Å². The van der Waals surface area contributed by atoms with Crippen LogP contribution in [-0.4, -0.2) is 50.8 Å². The lowest BCUT2D eigenvalue weighted by Crippen LogP contribution is -3.22. The lowest BCUT2D eigenvalue weighted by atomic mass is 9.81. The van der Waals surface area contributed by atoms with Gasteiger partial charge in [0.25, 0.3) is 5.54 Å². The maximum atomic E-state index is 13.8. The minimum atomic E-state index is -1.27. The molecule has 0 aromatic heterocycles. The van der Waals surface area contributed by atoms with Gasteiger partial charge < -0.3 is 19.1 Å². The Labute approximate surface area is 169 Å². The maximum absolute atomic E-state index is 13.8. The van der Waals surface area contributed by atoms with Gasteiger partial charge in [0.15, 0.2) is 5.79 Å². The molecule has 0 saturated carbocycles. The fourth-order valence-electron chi connectivity index (χ4n) is 5.11. The van der Waals surface area contributed by atoms with Crippen LogP contribution in [0.4, 0.5) is 0 Å². The second kappa shape index (κ2) is 6.76. The van der Waals surface area contributed by atoms with E-state index in [1.54, 1.807) is 19.2 Å². The molecule has 2 fully saturated rings. The van der Waals surface area contributed by atoms with Gasteiger partial charge in [-0.05, 0) is 24.3 Å². The zero-order chi connectivity index (χ0) is 20.1. The third-order valence-electron chi connectivity index (χ3n) is 6.58. The van der Waals surface area contributed by atoms with Gasteiger partial charge in [-0.15, -0.1) is 0 Å². The first-order chi connectivity index (χ1) is 14.1. The van der Waals surface area contributed by atoms with Crippen LogP contribution in [0.25, 0.3) is 0 Å². The summed E-state index contributed by atoms with van der Waals surface area (Å²) in [6.07, 6.45) is 1.33. The van der Waals surface area contributed by atoms with E-state index in [0.717, 1.165) is 4.90 Å². The second-order valence-corrected chi connectivity index (χ2v) is 7.89. The van der Waals surface area contributed by atoms with Crippen LogP contribution in [0.1, 0.15) is 39.1 Å². The number of benzene rings is 2. The van der Waals surface area contributed by atoms with E-state index in [9.17, 15) is 9.59 Å². The average Bonchev–Trinajstić information content (AvgIpc) is 3.31. The van der Waals surface area contributed by atoms with Crippen LogP contribution in [0, 0.1) is 0 Å². The molecule has 2 heterocycles. The van der Waals surface area contributed by atoms with Crippen molar-refractivity contribution >= 4 is 11.6 Å². The van der Waals surface area contributed by atoms with Crippen LogP contribution in [0.3, 0.4) is 0 Å². The van der Waals surface area contributed by atoms with Crippen LogP contribution in [0.5, 0.6) is 5.75 Å². The van der Waals surface area contributed by atoms with Crippen molar-refractivity contribution in [1.29, 1.82) is 0 Å². The summed E-state index contributed by atoms with van der Waals surface area (Å²) in [7, 11) is 1.60. The lowest BCUT2D eigenvalue weighted by Gasteiger charge is -2.42. The molecule has 150 valence electrons. The first-order valence-electron chi connectivity index (χ1n) is 10.1. The fourth-order valence-corrected chi connectivity index (χ4v) is 5.11. The van der Waals surface area contributed by atoms with E-state index >= 15 is 0 Å². The Morgan fingerprint density at radius 1 is 0.862 bits per heavy atom. The first-order valence-corrected chi connectivity index (χ1v) is 10.1. The predicted molar refractivity (Wildman–Crippen MR) is 104 cm³/mol. The second-order valence-electron chi connectivity index (χ2n) is 7.89. The van der Waals surface area contributed by atoms with Gasteiger partial charge in [0.1, 0.15) is 5.75 Å². The molecule has 0 amide bonds. The Kier molecular flexibility index (Phi) is 4.31. The Balaban J connectivity index is 1.59. The number of carbonyl (C=O) groups excluding carboxylic acids is 2. The molecule has 2 aromatic rings.